The third kappa shape index (κ3) is 4.12. The van der Waals surface area contributed by atoms with Crippen LogP contribution in [0.15, 0.2) is 24.3 Å². The highest BCUT2D eigenvalue weighted by atomic mass is 35.5. The summed E-state index contributed by atoms with van der Waals surface area (Å²) >= 11 is 7.28. The van der Waals surface area contributed by atoms with E-state index in [1.807, 2.05) is 13.8 Å². The maximum absolute atomic E-state index is 12.6. The Balaban J connectivity index is 1.99. The molecule has 23 heavy (non-hydrogen) atoms. The summed E-state index contributed by atoms with van der Waals surface area (Å²) in [4.78, 5) is 25.5. The zero-order chi connectivity index (χ0) is 17.2. The summed E-state index contributed by atoms with van der Waals surface area (Å²) in [7, 11) is 0. The van der Waals surface area contributed by atoms with Gasteiger partial charge in [-0.3, -0.25) is 4.79 Å². The number of aliphatic carboxylic acids is 1. The number of rotatable bonds is 5. The van der Waals surface area contributed by atoms with E-state index < -0.39 is 22.7 Å². The number of hydrogen-bond donors (Lipinski definition) is 1. The first-order chi connectivity index (χ1) is 10.7. The fourth-order valence-corrected chi connectivity index (χ4v) is 3.75. The molecular weight excluding hydrogens is 338 g/mol. The predicted octanol–water partition coefficient (Wildman–Crippen LogP) is 3.12. The van der Waals surface area contributed by atoms with Crippen LogP contribution in [0.1, 0.15) is 20.8 Å². The van der Waals surface area contributed by atoms with Gasteiger partial charge in [0.05, 0.1) is 18.4 Å². The number of nitrogens with zero attached hydrogens (tertiary/aromatic N) is 1. The first-order valence-corrected chi connectivity index (χ1v) is 8.64. The van der Waals surface area contributed by atoms with Crippen LogP contribution in [0.5, 0.6) is 5.75 Å². The molecule has 1 N–H and O–H groups in total. The number of halogens is 1. The van der Waals surface area contributed by atoms with Crippen LogP contribution in [0.4, 0.5) is 0 Å². The maximum Gasteiger partial charge on any atom is 0.327 e. The van der Waals surface area contributed by atoms with Gasteiger partial charge in [0, 0.05) is 9.77 Å². The molecule has 0 radical (unpaired) electrons. The van der Waals surface area contributed by atoms with Gasteiger partial charge < -0.3 is 14.7 Å². The predicted molar refractivity (Wildman–Crippen MR) is 90.9 cm³/mol. The number of thioether (sulfide) groups is 1. The van der Waals surface area contributed by atoms with Gasteiger partial charge in [0.15, 0.2) is 0 Å². The van der Waals surface area contributed by atoms with Gasteiger partial charge in [-0.2, -0.15) is 0 Å². The average Bonchev–Trinajstić information content (AvgIpc) is 2.81. The van der Waals surface area contributed by atoms with E-state index in [-0.39, 0.29) is 12.5 Å². The quantitative estimate of drug-likeness (QED) is 0.877. The fourth-order valence-electron chi connectivity index (χ4n) is 2.49. The molecule has 0 saturated carbocycles. The highest BCUT2D eigenvalue weighted by Gasteiger charge is 2.48. The Morgan fingerprint density at radius 2 is 2.04 bits per heavy atom. The van der Waals surface area contributed by atoms with Crippen molar-refractivity contribution in [2.24, 2.45) is 5.92 Å². The molecule has 1 aromatic rings. The van der Waals surface area contributed by atoms with E-state index >= 15 is 0 Å². The molecule has 1 amide bonds. The average molecular weight is 358 g/mol. The fraction of sp³-hybridized carbons (Fsp3) is 0.500. The number of hydrogen-bond acceptors (Lipinski definition) is 4. The van der Waals surface area contributed by atoms with E-state index in [2.05, 4.69) is 0 Å². The highest BCUT2D eigenvalue weighted by Crippen LogP contribution is 2.40. The standard InChI is InChI=1S/C16H20ClNO4S/c1-10(8-22-12-6-4-11(17)5-7-12)14(19)18-9-23-16(2,3)13(18)15(20)21/h4-7,10,13H,8-9H2,1-3H3,(H,20,21). The van der Waals surface area contributed by atoms with Crippen molar-refractivity contribution in [3.8, 4) is 5.75 Å². The largest absolute Gasteiger partial charge is 0.493 e. The Morgan fingerprint density at radius 1 is 1.43 bits per heavy atom. The lowest BCUT2D eigenvalue weighted by molar-refractivity contribution is -0.151. The van der Waals surface area contributed by atoms with Crippen molar-refractivity contribution in [1.82, 2.24) is 4.90 Å². The van der Waals surface area contributed by atoms with E-state index in [0.29, 0.717) is 16.6 Å². The Bertz CT molecular complexity index is 590. The van der Waals surface area contributed by atoms with Crippen molar-refractivity contribution in [3.63, 3.8) is 0 Å². The minimum absolute atomic E-state index is 0.189. The van der Waals surface area contributed by atoms with Gasteiger partial charge in [-0.05, 0) is 38.1 Å². The summed E-state index contributed by atoms with van der Waals surface area (Å²) in [5.41, 5.74) is 0. The van der Waals surface area contributed by atoms with E-state index in [1.165, 1.54) is 16.7 Å². The van der Waals surface area contributed by atoms with Crippen LogP contribution in [-0.2, 0) is 9.59 Å². The van der Waals surface area contributed by atoms with Crippen LogP contribution in [-0.4, -0.2) is 45.2 Å². The summed E-state index contributed by atoms with van der Waals surface area (Å²) in [6.45, 7) is 5.62. The Labute approximate surface area is 144 Å². The molecule has 7 heteroatoms. The van der Waals surface area contributed by atoms with Crippen LogP contribution >= 0.6 is 23.4 Å². The van der Waals surface area contributed by atoms with Crippen molar-refractivity contribution in [3.05, 3.63) is 29.3 Å². The van der Waals surface area contributed by atoms with Crippen LogP contribution in [0.2, 0.25) is 5.02 Å². The summed E-state index contributed by atoms with van der Waals surface area (Å²) in [6, 6.07) is 6.06. The number of carboxylic acids is 1. The minimum Gasteiger partial charge on any atom is -0.493 e. The summed E-state index contributed by atoms with van der Waals surface area (Å²) in [5, 5.41) is 10.0. The van der Waals surface area contributed by atoms with Crippen molar-refractivity contribution >= 4 is 35.2 Å². The molecule has 2 unspecified atom stereocenters. The first-order valence-electron chi connectivity index (χ1n) is 7.28. The molecule has 1 fully saturated rings. The molecule has 1 heterocycles. The number of ether oxygens (including phenoxy) is 1. The molecule has 0 spiro atoms. The van der Waals surface area contributed by atoms with Gasteiger partial charge in [0.25, 0.3) is 0 Å². The molecule has 5 nitrogen and oxygen atoms in total. The molecule has 2 rings (SSSR count). The Hall–Kier alpha value is -1.40. The zero-order valence-corrected chi connectivity index (χ0v) is 14.9. The summed E-state index contributed by atoms with van der Waals surface area (Å²) < 4.78 is 5.09. The van der Waals surface area contributed by atoms with Gasteiger partial charge in [-0.25, -0.2) is 4.79 Å². The van der Waals surface area contributed by atoms with Crippen LogP contribution in [0.25, 0.3) is 0 Å². The smallest absolute Gasteiger partial charge is 0.327 e. The van der Waals surface area contributed by atoms with Crippen LogP contribution in [0.3, 0.4) is 0 Å². The SMILES string of the molecule is CC(COc1ccc(Cl)cc1)C(=O)N1CSC(C)(C)C1C(=O)O. The number of carboxylic acid groups (broad SMARTS) is 1. The van der Waals surface area contributed by atoms with Crippen LogP contribution in [0, 0.1) is 5.92 Å². The van der Waals surface area contributed by atoms with Gasteiger partial charge in [-0.1, -0.05) is 18.5 Å². The molecule has 1 saturated heterocycles. The lowest BCUT2D eigenvalue weighted by Gasteiger charge is -2.29. The second kappa shape index (κ2) is 7.01. The van der Waals surface area contributed by atoms with Gasteiger partial charge in [0.1, 0.15) is 11.8 Å². The minimum atomic E-state index is -0.973. The van der Waals surface area contributed by atoms with Crippen molar-refractivity contribution in [2.45, 2.75) is 31.6 Å². The maximum atomic E-state index is 12.6. The van der Waals surface area contributed by atoms with E-state index in [4.69, 9.17) is 16.3 Å². The number of carbonyl (C=O) groups excluding carboxylic acids is 1. The van der Waals surface area contributed by atoms with E-state index in [9.17, 15) is 14.7 Å². The lowest BCUT2D eigenvalue weighted by atomic mass is 10.0. The Morgan fingerprint density at radius 3 is 2.61 bits per heavy atom. The van der Waals surface area contributed by atoms with Gasteiger partial charge >= 0.3 is 5.97 Å². The summed E-state index contributed by atoms with van der Waals surface area (Å²) in [5.74, 6) is -0.598. The molecule has 0 aromatic heterocycles. The van der Waals surface area contributed by atoms with Crippen molar-refractivity contribution < 1.29 is 19.4 Å². The van der Waals surface area contributed by atoms with E-state index in [0.717, 1.165) is 0 Å². The van der Waals surface area contributed by atoms with Gasteiger partial charge in [-0.15, -0.1) is 11.8 Å². The van der Waals surface area contributed by atoms with Crippen molar-refractivity contribution in [2.75, 3.05) is 12.5 Å². The molecule has 2 atom stereocenters. The number of amides is 1. The first kappa shape index (κ1) is 17.9. The van der Waals surface area contributed by atoms with Crippen molar-refractivity contribution in [1.29, 1.82) is 0 Å². The topological polar surface area (TPSA) is 66.8 Å². The van der Waals surface area contributed by atoms with E-state index in [1.54, 1.807) is 31.2 Å². The third-order valence-corrected chi connectivity index (χ3v) is 5.42. The monoisotopic (exact) mass is 357 g/mol. The summed E-state index contributed by atoms with van der Waals surface area (Å²) in [6.07, 6.45) is 0. The van der Waals surface area contributed by atoms with Gasteiger partial charge in [0.2, 0.25) is 5.91 Å². The Kier molecular flexibility index (Phi) is 5.47. The lowest BCUT2D eigenvalue weighted by Crippen LogP contribution is -2.50. The molecule has 1 aromatic carbocycles. The van der Waals surface area contributed by atoms with Crippen LogP contribution < -0.4 is 4.74 Å². The molecule has 1 aliphatic heterocycles. The molecular formula is C16H20ClNO4S. The molecule has 0 aliphatic carbocycles. The molecule has 1 aliphatic rings. The molecule has 0 bridgehead atoms. The highest BCUT2D eigenvalue weighted by molar-refractivity contribution is 8.00. The second-order valence-electron chi connectivity index (χ2n) is 6.09. The third-order valence-electron chi connectivity index (χ3n) is 3.80. The number of carbonyl (C=O) groups is 2. The second-order valence-corrected chi connectivity index (χ2v) is 8.13. The molecule has 126 valence electrons. The number of benzene rings is 1. The normalized spacial score (nSPS) is 21.0. The zero-order valence-electron chi connectivity index (χ0n) is 13.3.